The van der Waals surface area contributed by atoms with Crippen LogP contribution in [0.15, 0.2) is 0 Å². The molecule has 0 aliphatic carbocycles. The molecule has 0 amide bonds. The fourth-order valence-electron chi connectivity index (χ4n) is 2.44. The molecule has 100 valence electrons. The largest absolute Gasteiger partial charge is 0.377 e. The average molecular weight is 262 g/mol. The Balaban J connectivity index is 1.95. The second-order valence-electron chi connectivity index (χ2n) is 5.20. The SMILES string of the molecule is CC1CCN(S(=O)(=O)CC2CCCO2)CC1N. The molecule has 3 atom stereocenters. The van der Waals surface area contributed by atoms with Crippen LogP contribution < -0.4 is 5.73 Å². The fourth-order valence-corrected chi connectivity index (χ4v) is 4.16. The van der Waals surface area contributed by atoms with Crippen LogP contribution in [0.3, 0.4) is 0 Å². The number of sulfonamides is 1. The number of piperidine rings is 1. The topological polar surface area (TPSA) is 72.6 Å². The lowest BCUT2D eigenvalue weighted by molar-refractivity contribution is 0.125. The normalized spacial score (nSPS) is 36.2. The lowest BCUT2D eigenvalue weighted by Crippen LogP contribution is -2.51. The molecule has 2 heterocycles. The highest BCUT2D eigenvalue weighted by Crippen LogP contribution is 2.21. The maximum atomic E-state index is 12.2. The zero-order chi connectivity index (χ0) is 12.5. The predicted octanol–water partition coefficient (Wildman–Crippen LogP) is 0.164. The van der Waals surface area contributed by atoms with Gasteiger partial charge in [-0.3, -0.25) is 0 Å². The Kier molecular flexibility index (Phi) is 4.07. The zero-order valence-corrected chi connectivity index (χ0v) is 11.2. The first kappa shape index (κ1) is 13.3. The van der Waals surface area contributed by atoms with Gasteiger partial charge in [-0.05, 0) is 25.2 Å². The molecule has 0 aromatic heterocycles. The van der Waals surface area contributed by atoms with Gasteiger partial charge in [0.15, 0.2) is 0 Å². The summed E-state index contributed by atoms with van der Waals surface area (Å²) >= 11 is 0. The minimum atomic E-state index is -3.19. The van der Waals surface area contributed by atoms with E-state index in [1.54, 1.807) is 4.31 Å². The van der Waals surface area contributed by atoms with E-state index >= 15 is 0 Å². The molecule has 0 saturated carbocycles. The number of hydrogen-bond acceptors (Lipinski definition) is 4. The van der Waals surface area contributed by atoms with Crippen LogP contribution in [-0.2, 0) is 14.8 Å². The summed E-state index contributed by atoms with van der Waals surface area (Å²) in [5.74, 6) is 0.526. The molecule has 0 aromatic carbocycles. The third kappa shape index (κ3) is 3.19. The van der Waals surface area contributed by atoms with E-state index < -0.39 is 10.0 Å². The van der Waals surface area contributed by atoms with Gasteiger partial charge in [0, 0.05) is 25.7 Å². The molecule has 2 aliphatic heterocycles. The fraction of sp³-hybridized carbons (Fsp3) is 1.00. The standard InChI is InChI=1S/C11H22N2O3S/c1-9-4-5-13(7-11(9)12)17(14,15)8-10-3-2-6-16-10/h9-11H,2-8,12H2,1H3. The Bertz CT molecular complexity index is 352. The van der Waals surface area contributed by atoms with Crippen LogP contribution in [0.2, 0.25) is 0 Å². The average Bonchev–Trinajstić information content (AvgIpc) is 2.73. The molecular weight excluding hydrogens is 240 g/mol. The van der Waals surface area contributed by atoms with E-state index in [0.29, 0.717) is 25.6 Å². The number of nitrogens with zero attached hydrogens (tertiary/aromatic N) is 1. The van der Waals surface area contributed by atoms with Crippen LogP contribution in [0, 0.1) is 5.92 Å². The molecule has 5 nitrogen and oxygen atoms in total. The van der Waals surface area contributed by atoms with Crippen molar-refractivity contribution in [2.24, 2.45) is 11.7 Å². The van der Waals surface area contributed by atoms with Crippen molar-refractivity contribution in [2.45, 2.75) is 38.3 Å². The summed E-state index contributed by atoms with van der Waals surface area (Å²) in [6.45, 7) is 3.82. The van der Waals surface area contributed by atoms with E-state index in [4.69, 9.17) is 10.5 Å². The van der Waals surface area contributed by atoms with Crippen molar-refractivity contribution in [3.05, 3.63) is 0 Å². The first-order chi connectivity index (χ1) is 7.99. The van der Waals surface area contributed by atoms with Gasteiger partial charge in [-0.2, -0.15) is 0 Å². The summed E-state index contributed by atoms with van der Waals surface area (Å²) in [4.78, 5) is 0. The van der Waals surface area contributed by atoms with Crippen LogP contribution >= 0.6 is 0 Å². The number of nitrogens with two attached hydrogens (primary N) is 1. The molecule has 2 N–H and O–H groups in total. The van der Waals surface area contributed by atoms with Gasteiger partial charge in [0.2, 0.25) is 10.0 Å². The number of hydrogen-bond donors (Lipinski definition) is 1. The summed E-state index contributed by atoms with van der Waals surface area (Å²) in [5, 5.41) is 0. The molecule has 2 saturated heterocycles. The Morgan fingerprint density at radius 2 is 2.18 bits per heavy atom. The van der Waals surface area contributed by atoms with Gasteiger partial charge >= 0.3 is 0 Å². The Labute approximate surface area is 103 Å². The second kappa shape index (κ2) is 5.22. The molecule has 6 heteroatoms. The molecule has 2 fully saturated rings. The van der Waals surface area contributed by atoms with Crippen molar-refractivity contribution >= 4 is 10.0 Å². The molecule has 2 rings (SSSR count). The lowest BCUT2D eigenvalue weighted by atomic mass is 9.96. The summed E-state index contributed by atoms with van der Waals surface area (Å²) in [5.41, 5.74) is 5.94. The van der Waals surface area contributed by atoms with Crippen LogP contribution in [0.5, 0.6) is 0 Å². The van der Waals surface area contributed by atoms with Gasteiger partial charge in [0.25, 0.3) is 0 Å². The van der Waals surface area contributed by atoms with Crippen molar-refractivity contribution in [1.82, 2.24) is 4.31 Å². The maximum absolute atomic E-state index is 12.2. The van der Waals surface area contributed by atoms with Gasteiger partial charge in [0.1, 0.15) is 0 Å². The zero-order valence-electron chi connectivity index (χ0n) is 10.3. The highest BCUT2D eigenvalue weighted by atomic mass is 32.2. The third-order valence-electron chi connectivity index (χ3n) is 3.79. The molecule has 0 bridgehead atoms. The molecule has 0 radical (unpaired) electrons. The minimum Gasteiger partial charge on any atom is -0.377 e. The van der Waals surface area contributed by atoms with Gasteiger partial charge < -0.3 is 10.5 Å². The molecule has 0 spiro atoms. The van der Waals surface area contributed by atoms with Crippen LogP contribution in [0.25, 0.3) is 0 Å². The van der Waals surface area contributed by atoms with E-state index in [2.05, 4.69) is 6.92 Å². The highest BCUT2D eigenvalue weighted by Gasteiger charge is 2.33. The van der Waals surface area contributed by atoms with Crippen LogP contribution in [-0.4, -0.2) is 50.3 Å². The van der Waals surface area contributed by atoms with Crippen molar-refractivity contribution in [1.29, 1.82) is 0 Å². The van der Waals surface area contributed by atoms with Crippen molar-refractivity contribution in [3.63, 3.8) is 0 Å². The van der Waals surface area contributed by atoms with E-state index in [9.17, 15) is 8.42 Å². The summed E-state index contributed by atoms with van der Waals surface area (Å²) in [6, 6.07) is -0.0389. The maximum Gasteiger partial charge on any atom is 0.216 e. The second-order valence-corrected chi connectivity index (χ2v) is 7.21. The van der Waals surface area contributed by atoms with E-state index in [1.807, 2.05) is 0 Å². The first-order valence-electron chi connectivity index (χ1n) is 6.34. The van der Waals surface area contributed by atoms with Gasteiger partial charge in [0.05, 0.1) is 11.9 Å². The van der Waals surface area contributed by atoms with E-state index in [1.165, 1.54) is 0 Å². The summed E-state index contributed by atoms with van der Waals surface area (Å²) in [7, 11) is -3.19. The third-order valence-corrected chi connectivity index (χ3v) is 5.70. The number of ether oxygens (including phenoxy) is 1. The molecule has 17 heavy (non-hydrogen) atoms. The van der Waals surface area contributed by atoms with Crippen molar-refractivity contribution in [3.8, 4) is 0 Å². The van der Waals surface area contributed by atoms with E-state index in [0.717, 1.165) is 19.3 Å². The minimum absolute atomic E-state index is 0.0389. The Morgan fingerprint density at radius 1 is 1.41 bits per heavy atom. The highest BCUT2D eigenvalue weighted by molar-refractivity contribution is 7.89. The lowest BCUT2D eigenvalue weighted by Gasteiger charge is -2.34. The van der Waals surface area contributed by atoms with Gasteiger partial charge in [-0.25, -0.2) is 12.7 Å². The van der Waals surface area contributed by atoms with Crippen molar-refractivity contribution < 1.29 is 13.2 Å². The van der Waals surface area contributed by atoms with Crippen LogP contribution in [0.1, 0.15) is 26.2 Å². The summed E-state index contributed by atoms with van der Waals surface area (Å²) in [6.07, 6.45) is 2.56. The molecule has 2 aliphatic rings. The molecular formula is C11H22N2O3S. The van der Waals surface area contributed by atoms with Gasteiger partial charge in [-0.1, -0.05) is 6.92 Å². The number of rotatable bonds is 3. The smallest absolute Gasteiger partial charge is 0.216 e. The molecule has 3 unspecified atom stereocenters. The Hall–Kier alpha value is -0.170. The monoisotopic (exact) mass is 262 g/mol. The summed E-state index contributed by atoms with van der Waals surface area (Å²) < 4.78 is 31.3. The molecule has 0 aromatic rings. The van der Waals surface area contributed by atoms with Gasteiger partial charge in [-0.15, -0.1) is 0 Å². The quantitative estimate of drug-likeness (QED) is 0.786. The first-order valence-corrected chi connectivity index (χ1v) is 7.95. The predicted molar refractivity (Wildman–Crippen MR) is 66.1 cm³/mol. The Morgan fingerprint density at radius 3 is 2.76 bits per heavy atom. The van der Waals surface area contributed by atoms with Crippen molar-refractivity contribution in [2.75, 3.05) is 25.4 Å². The van der Waals surface area contributed by atoms with Crippen LogP contribution in [0.4, 0.5) is 0 Å². The van der Waals surface area contributed by atoms with E-state index in [-0.39, 0.29) is 17.9 Å².